The van der Waals surface area contributed by atoms with Gasteiger partial charge in [0.2, 0.25) is 0 Å². The largest absolute Gasteiger partial charge is 0.467 e. The first-order valence-corrected chi connectivity index (χ1v) is 4.60. The standard InChI is InChI=1S/C8H13F6N/c1-2-3-4-5-6-15(7(9,10)11)8(12,13)14/h2-6H2,1H3. The fourth-order valence-corrected chi connectivity index (χ4v) is 1.09. The maximum absolute atomic E-state index is 11.9. The van der Waals surface area contributed by atoms with Gasteiger partial charge in [-0.2, -0.15) is 26.3 Å². The van der Waals surface area contributed by atoms with Crippen molar-refractivity contribution in [2.75, 3.05) is 6.54 Å². The van der Waals surface area contributed by atoms with Crippen LogP contribution in [0.5, 0.6) is 0 Å². The minimum Gasteiger partial charge on any atom is -0.155 e. The van der Waals surface area contributed by atoms with Gasteiger partial charge in [0, 0.05) is 6.54 Å². The molecule has 0 spiro atoms. The van der Waals surface area contributed by atoms with Gasteiger partial charge in [-0.05, 0) is 6.42 Å². The third kappa shape index (κ3) is 5.86. The average molecular weight is 237 g/mol. The number of nitrogens with zero attached hydrogens (tertiary/aromatic N) is 1. The van der Waals surface area contributed by atoms with Crippen molar-refractivity contribution in [2.45, 2.75) is 45.2 Å². The van der Waals surface area contributed by atoms with Crippen molar-refractivity contribution in [1.29, 1.82) is 0 Å². The van der Waals surface area contributed by atoms with Gasteiger partial charge < -0.3 is 0 Å². The molecule has 0 aromatic carbocycles. The molecular weight excluding hydrogens is 224 g/mol. The summed E-state index contributed by atoms with van der Waals surface area (Å²) in [5.74, 6) is 0. The number of alkyl halides is 6. The van der Waals surface area contributed by atoms with E-state index in [1.165, 1.54) is 0 Å². The van der Waals surface area contributed by atoms with E-state index in [0.717, 1.165) is 6.42 Å². The molecule has 1 nitrogen and oxygen atoms in total. The summed E-state index contributed by atoms with van der Waals surface area (Å²) in [7, 11) is 0. The zero-order valence-corrected chi connectivity index (χ0v) is 8.25. The molecule has 0 atom stereocenters. The molecule has 0 aliphatic rings. The second-order valence-electron chi connectivity index (χ2n) is 3.15. The van der Waals surface area contributed by atoms with Crippen molar-refractivity contribution in [1.82, 2.24) is 4.90 Å². The van der Waals surface area contributed by atoms with Crippen molar-refractivity contribution in [3.63, 3.8) is 0 Å². The van der Waals surface area contributed by atoms with Gasteiger partial charge in [0.1, 0.15) is 0 Å². The molecule has 0 rings (SSSR count). The van der Waals surface area contributed by atoms with Crippen LogP contribution in [-0.2, 0) is 0 Å². The van der Waals surface area contributed by atoms with Crippen LogP contribution in [0.4, 0.5) is 26.3 Å². The van der Waals surface area contributed by atoms with Crippen LogP contribution in [0.1, 0.15) is 32.6 Å². The van der Waals surface area contributed by atoms with Gasteiger partial charge in [-0.25, -0.2) is 0 Å². The van der Waals surface area contributed by atoms with Crippen LogP contribution >= 0.6 is 0 Å². The number of unbranched alkanes of at least 4 members (excludes halogenated alkanes) is 3. The minimum atomic E-state index is -5.34. The van der Waals surface area contributed by atoms with Gasteiger partial charge in [-0.15, -0.1) is 4.90 Å². The molecule has 0 N–H and O–H groups in total. The predicted molar refractivity (Wildman–Crippen MR) is 43.0 cm³/mol. The molecule has 0 fully saturated rings. The lowest BCUT2D eigenvalue weighted by atomic mass is 10.2. The maximum atomic E-state index is 11.9. The molecule has 0 aliphatic carbocycles. The van der Waals surface area contributed by atoms with Crippen LogP contribution in [0.15, 0.2) is 0 Å². The number of halogens is 6. The summed E-state index contributed by atoms with van der Waals surface area (Å²) in [6.45, 7) is 0.804. The molecule has 0 unspecified atom stereocenters. The lowest BCUT2D eigenvalue weighted by Gasteiger charge is -2.26. The molecule has 0 saturated carbocycles. The Morgan fingerprint density at radius 1 is 0.800 bits per heavy atom. The van der Waals surface area contributed by atoms with E-state index in [1.54, 1.807) is 0 Å². The van der Waals surface area contributed by atoms with E-state index in [1.807, 2.05) is 6.92 Å². The smallest absolute Gasteiger partial charge is 0.155 e. The van der Waals surface area contributed by atoms with Crippen molar-refractivity contribution in [3.05, 3.63) is 0 Å². The molecule has 0 aromatic rings. The quantitative estimate of drug-likeness (QED) is 0.398. The van der Waals surface area contributed by atoms with Gasteiger partial charge in [0.15, 0.2) is 0 Å². The summed E-state index contributed by atoms with van der Waals surface area (Å²) in [5, 5.41) is 0. The molecule has 0 aliphatic heterocycles. The van der Waals surface area contributed by atoms with E-state index in [9.17, 15) is 26.3 Å². The third-order valence-corrected chi connectivity index (χ3v) is 1.85. The zero-order valence-electron chi connectivity index (χ0n) is 8.25. The fourth-order valence-electron chi connectivity index (χ4n) is 1.09. The SMILES string of the molecule is CCCCCCN(C(F)(F)F)C(F)(F)F. The predicted octanol–water partition coefficient (Wildman–Crippen LogP) is 3.91. The first kappa shape index (κ1) is 14.5. The lowest BCUT2D eigenvalue weighted by molar-refractivity contribution is -0.372. The zero-order chi connectivity index (χ0) is 12.1. The van der Waals surface area contributed by atoms with Crippen LogP contribution in [0.25, 0.3) is 0 Å². The highest BCUT2D eigenvalue weighted by molar-refractivity contribution is 4.63. The van der Waals surface area contributed by atoms with Crippen LogP contribution in [-0.4, -0.2) is 24.0 Å². The Bertz CT molecular complexity index is 159. The first-order chi connectivity index (χ1) is 6.69. The highest BCUT2D eigenvalue weighted by atomic mass is 19.4. The highest BCUT2D eigenvalue weighted by Crippen LogP contribution is 2.33. The van der Waals surface area contributed by atoms with Crippen molar-refractivity contribution < 1.29 is 26.3 Å². The number of rotatable bonds is 5. The van der Waals surface area contributed by atoms with Crippen LogP contribution in [0.3, 0.4) is 0 Å². The molecule has 0 aromatic heterocycles. The monoisotopic (exact) mass is 237 g/mol. The van der Waals surface area contributed by atoms with Crippen LogP contribution < -0.4 is 0 Å². The fraction of sp³-hybridized carbons (Fsp3) is 1.00. The Morgan fingerprint density at radius 3 is 1.60 bits per heavy atom. The van der Waals surface area contributed by atoms with Gasteiger partial charge in [0.25, 0.3) is 0 Å². The molecule has 0 bridgehead atoms. The summed E-state index contributed by atoms with van der Waals surface area (Å²) in [4.78, 5) is -1.38. The van der Waals surface area contributed by atoms with Crippen molar-refractivity contribution in [2.24, 2.45) is 0 Å². The van der Waals surface area contributed by atoms with E-state index in [2.05, 4.69) is 0 Å². The van der Waals surface area contributed by atoms with Gasteiger partial charge >= 0.3 is 12.6 Å². The molecule has 0 heterocycles. The van der Waals surface area contributed by atoms with Crippen LogP contribution in [0, 0.1) is 0 Å². The Morgan fingerprint density at radius 2 is 1.27 bits per heavy atom. The van der Waals surface area contributed by atoms with Crippen molar-refractivity contribution >= 4 is 0 Å². The Labute approximate surface area is 84.0 Å². The Balaban J connectivity index is 4.17. The summed E-state index contributed by atoms with van der Waals surface area (Å²) >= 11 is 0. The lowest BCUT2D eigenvalue weighted by Crippen LogP contribution is -2.48. The summed E-state index contributed by atoms with van der Waals surface area (Å²) in [6.07, 6.45) is -9.01. The van der Waals surface area contributed by atoms with Gasteiger partial charge in [-0.1, -0.05) is 26.2 Å². The molecule has 0 radical (unpaired) electrons. The molecule has 15 heavy (non-hydrogen) atoms. The van der Waals surface area contributed by atoms with E-state index < -0.39 is 24.0 Å². The molecule has 0 saturated heterocycles. The molecule has 92 valence electrons. The molecular formula is C8H13F6N. The Hall–Kier alpha value is -0.460. The number of hydrogen-bond donors (Lipinski definition) is 0. The van der Waals surface area contributed by atoms with Crippen LogP contribution in [0.2, 0.25) is 0 Å². The third-order valence-electron chi connectivity index (χ3n) is 1.85. The Kier molecular flexibility index (Phi) is 5.41. The van der Waals surface area contributed by atoms with E-state index in [4.69, 9.17) is 0 Å². The van der Waals surface area contributed by atoms with E-state index in [0.29, 0.717) is 12.8 Å². The minimum absolute atomic E-state index is 0.104. The second-order valence-corrected chi connectivity index (χ2v) is 3.15. The van der Waals surface area contributed by atoms with E-state index >= 15 is 0 Å². The maximum Gasteiger partial charge on any atom is 0.467 e. The normalized spacial score (nSPS) is 13.6. The van der Waals surface area contributed by atoms with E-state index in [-0.39, 0.29) is 6.42 Å². The first-order valence-electron chi connectivity index (χ1n) is 4.60. The molecule has 7 heteroatoms. The topological polar surface area (TPSA) is 3.24 Å². The summed E-state index contributed by atoms with van der Waals surface area (Å²) in [5.41, 5.74) is 0. The summed E-state index contributed by atoms with van der Waals surface area (Å²) < 4.78 is 71.6. The van der Waals surface area contributed by atoms with Gasteiger partial charge in [-0.3, -0.25) is 0 Å². The van der Waals surface area contributed by atoms with Gasteiger partial charge in [0.05, 0.1) is 0 Å². The van der Waals surface area contributed by atoms with Crippen molar-refractivity contribution in [3.8, 4) is 0 Å². The summed E-state index contributed by atoms with van der Waals surface area (Å²) in [6, 6.07) is 0. The highest BCUT2D eigenvalue weighted by Gasteiger charge is 2.53. The second kappa shape index (κ2) is 5.58. The average Bonchev–Trinajstić information content (AvgIpc) is 1.99. The molecule has 0 amide bonds. The number of hydrogen-bond acceptors (Lipinski definition) is 1.